The van der Waals surface area contributed by atoms with Crippen molar-refractivity contribution < 1.29 is 14.3 Å². The van der Waals surface area contributed by atoms with Crippen LogP contribution in [-0.4, -0.2) is 38.4 Å². The summed E-state index contributed by atoms with van der Waals surface area (Å²) in [6.07, 6.45) is 5.53. The van der Waals surface area contributed by atoms with Crippen molar-refractivity contribution in [3.05, 3.63) is 0 Å². The molecule has 0 rings (SSSR count). The first kappa shape index (κ1) is 17.4. The van der Waals surface area contributed by atoms with Gasteiger partial charge in [-0.25, -0.2) is 0 Å². The van der Waals surface area contributed by atoms with Crippen LogP contribution >= 0.6 is 0 Å². The summed E-state index contributed by atoms with van der Waals surface area (Å²) in [6.45, 7) is 8.60. The molecule has 18 heavy (non-hydrogen) atoms. The zero-order valence-corrected chi connectivity index (χ0v) is 12.2. The van der Waals surface area contributed by atoms with Gasteiger partial charge in [0.2, 0.25) is 0 Å². The lowest BCUT2D eigenvalue weighted by Crippen LogP contribution is -2.38. The smallest absolute Gasteiger partial charge is 0.323 e. The summed E-state index contributed by atoms with van der Waals surface area (Å²) in [5.74, 6) is -0.172. The number of rotatable bonds is 12. The number of likely N-dealkylation sites (N-methyl/N-ethyl adjacent to an activating group) is 1. The third kappa shape index (κ3) is 9.42. The lowest BCUT2D eigenvalue weighted by molar-refractivity contribution is -0.146. The quantitative estimate of drug-likeness (QED) is 0.432. The first-order chi connectivity index (χ1) is 8.76. The molecule has 0 aromatic carbocycles. The molecule has 1 N–H and O–H groups in total. The van der Waals surface area contributed by atoms with Crippen LogP contribution < -0.4 is 5.32 Å². The fraction of sp³-hybridized carbons (Fsp3) is 0.929. The van der Waals surface area contributed by atoms with E-state index in [1.807, 2.05) is 13.8 Å². The monoisotopic (exact) mass is 259 g/mol. The van der Waals surface area contributed by atoms with E-state index in [0.29, 0.717) is 19.6 Å². The summed E-state index contributed by atoms with van der Waals surface area (Å²) in [7, 11) is 0. The van der Waals surface area contributed by atoms with E-state index in [9.17, 15) is 4.79 Å². The van der Waals surface area contributed by atoms with Crippen LogP contribution in [0.3, 0.4) is 0 Å². The Labute approximate surface area is 111 Å². The molecule has 0 saturated carbocycles. The van der Waals surface area contributed by atoms with E-state index in [-0.39, 0.29) is 12.0 Å². The van der Waals surface area contributed by atoms with Gasteiger partial charge in [-0.2, -0.15) is 0 Å². The molecule has 4 nitrogen and oxygen atoms in total. The number of carbonyl (C=O) groups is 1. The average molecular weight is 259 g/mol. The van der Waals surface area contributed by atoms with E-state index >= 15 is 0 Å². The van der Waals surface area contributed by atoms with Crippen molar-refractivity contribution in [2.75, 3.05) is 26.4 Å². The van der Waals surface area contributed by atoms with E-state index in [1.54, 1.807) is 0 Å². The SMILES string of the molecule is CCCCCCOCCC(NCC)C(=O)OCC. The van der Waals surface area contributed by atoms with E-state index in [0.717, 1.165) is 19.6 Å². The fourth-order valence-corrected chi connectivity index (χ4v) is 1.73. The number of esters is 1. The molecule has 0 aliphatic carbocycles. The minimum atomic E-state index is -0.231. The van der Waals surface area contributed by atoms with Crippen LogP contribution in [0.4, 0.5) is 0 Å². The molecule has 0 aliphatic rings. The second-order valence-corrected chi connectivity index (χ2v) is 4.32. The van der Waals surface area contributed by atoms with Crippen LogP contribution in [0.25, 0.3) is 0 Å². The van der Waals surface area contributed by atoms with Gasteiger partial charge >= 0.3 is 5.97 Å². The zero-order chi connectivity index (χ0) is 13.6. The molecule has 0 aromatic rings. The number of ether oxygens (including phenoxy) is 2. The Morgan fingerprint density at radius 2 is 1.89 bits per heavy atom. The van der Waals surface area contributed by atoms with Crippen molar-refractivity contribution in [1.82, 2.24) is 5.32 Å². The Kier molecular flexibility index (Phi) is 12.4. The minimum absolute atomic E-state index is 0.172. The summed E-state index contributed by atoms with van der Waals surface area (Å²) in [6, 6.07) is -0.231. The summed E-state index contributed by atoms with van der Waals surface area (Å²) >= 11 is 0. The average Bonchev–Trinajstić information content (AvgIpc) is 2.36. The molecule has 4 heteroatoms. The molecular weight excluding hydrogens is 230 g/mol. The molecule has 1 unspecified atom stereocenters. The second-order valence-electron chi connectivity index (χ2n) is 4.32. The Hall–Kier alpha value is -0.610. The largest absolute Gasteiger partial charge is 0.465 e. The van der Waals surface area contributed by atoms with Gasteiger partial charge in [0.15, 0.2) is 0 Å². The highest BCUT2D eigenvalue weighted by atomic mass is 16.5. The van der Waals surface area contributed by atoms with Gasteiger partial charge in [-0.3, -0.25) is 4.79 Å². The van der Waals surface area contributed by atoms with Gasteiger partial charge in [0.25, 0.3) is 0 Å². The van der Waals surface area contributed by atoms with Crippen LogP contribution in [0, 0.1) is 0 Å². The third-order valence-electron chi connectivity index (χ3n) is 2.71. The fourth-order valence-electron chi connectivity index (χ4n) is 1.73. The molecular formula is C14H29NO3. The molecule has 0 aromatic heterocycles. The Morgan fingerprint density at radius 1 is 1.11 bits per heavy atom. The highest BCUT2D eigenvalue weighted by Crippen LogP contribution is 2.01. The number of hydrogen-bond acceptors (Lipinski definition) is 4. The molecule has 0 saturated heterocycles. The molecule has 108 valence electrons. The van der Waals surface area contributed by atoms with Gasteiger partial charge < -0.3 is 14.8 Å². The van der Waals surface area contributed by atoms with Gasteiger partial charge in [-0.1, -0.05) is 33.1 Å². The van der Waals surface area contributed by atoms with Crippen molar-refractivity contribution in [3.63, 3.8) is 0 Å². The highest BCUT2D eigenvalue weighted by molar-refractivity contribution is 5.75. The molecule has 0 radical (unpaired) electrons. The molecule has 1 atom stereocenters. The Morgan fingerprint density at radius 3 is 2.50 bits per heavy atom. The van der Waals surface area contributed by atoms with Gasteiger partial charge in [-0.05, 0) is 26.3 Å². The van der Waals surface area contributed by atoms with Crippen LogP contribution in [0.5, 0.6) is 0 Å². The van der Waals surface area contributed by atoms with Crippen LogP contribution in [0.2, 0.25) is 0 Å². The van der Waals surface area contributed by atoms with E-state index < -0.39 is 0 Å². The summed E-state index contributed by atoms with van der Waals surface area (Å²) in [4.78, 5) is 11.6. The second kappa shape index (κ2) is 12.8. The number of unbranched alkanes of at least 4 members (excludes halogenated alkanes) is 3. The summed E-state index contributed by atoms with van der Waals surface area (Å²) < 4.78 is 10.5. The van der Waals surface area contributed by atoms with Crippen molar-refractivity contribution in [2.24, 2.45) is 0 Å². The zero-order valence-electron chi connectivity index (χ0n) is 12.2. The molecule has 0 spiro atoms. The maximum absolute atomic E-state index is 11.6. The highest BCUT2D eigenvalue weighted by Gasteiger charge is 2.17. The van der Waals surface area contributed by atoms with Gasteiger partial charge in [0.1, 0.15) is 6.04 Å². The topological polar surface area (TPSA) is 47.6 Å². The van der Waals surface area contributed by atoms with Gasteiger partial charge in [0, 0.05) is 13.2 Å². The third-order valence-corrected chi connectivity index (χ3v) is 2.71. The molecule has 0 heterocycles. The van der Waals surface area contributed by atoms with Crippen LogP contribution in [-0.2, 0) is 14.3 Å². The minimum Gasteiger partial charge on any atom is -0.465 e. The predicted molar refractivity (Wildman–Crippen MR) is 73.7 cm³/mol. The number of nitrogens with one attached hydrogen (secondary N) is 1. The molecule has 0 amide bonds. The standard InChI is InChI=1S/C14H29NO3/c1-4-7-8-9-11-17-12-10-13(15-5-2)14(16)18-6-3/h13,15H,4-12H2,1-3H3. The first-order valence-electron chi connectivity index (χ1n) is 7.23. The number of carbonyl (C=O) groups excluding carboxylic acids is 1. The van der Waals surface area contributed by atoms with Gasteiger partial charge in [0.05, 0.1) is 6.61 Å². The first-order valence-corrected chi connectivity index (χ1v) is 7.23. The molecule has 0 bridgehead atoms. The van der Waals surface area contributed by atoms with Gasteiger partial charge in [-0.15, -0.1) is 0 Å². The predicted octanol–water partition coefficient (Wildman–Crippen LogP) is 2.51. The lowest BCUT2D eigenvalue weighted by Gasteiger charge is -2.16. The van der Waals surface area contributed by atoms with Crippen molar-refractivity contribution in [1.29, 1.82) is 0 Å². The Bertz CT molecular complexity index is 197. The summed E-state index contributed by atoms with van der Waals surface area (Å²) in [5.41, 5.74) is 0. The molecule has 0 aliphatic heterocycles. The Balaban J connectivity index is 3.60. The normalized spacial score (nSPS) is 12.4. The number of hydrogen-bond donors (Lipinski definition) is 1. The molecule has 0 fully saturated rings. The maximum Gasteiger partial charge on any atom is 0.323 e. The van der Waals surface area contributed by atoms with E-state index in [2.05, 4.69) is 12.2 Å². The van der Waals surface area contributed by atoms with Crippen molar-refractivity contribution in [3.8, 4) is 0 Å². The van der Waals surface area contributed by atoms with E-state index in [1.165, 1.54) is 19.3 Å². The van der Waals surface area contributed by atoms with E-state index in [4.69, 9.17) is 9.47 Å². The summed E-state index contributed by atoms with van der Waals surface area (Å²) in [5, 5.41) is 3.12. The van der Waals surface area contributed by atoms with Crippen molar-refractivity contribution in [2.45, 2.75) is 58.9 Å². The van der Waals surface area contributed by atoms with Crippen LogP contribution in [0.1, 0.15) is 52.9 Å². The maximum atomic E-state index is 11.6. The van der Waals surface area contributed by atoms with Crippen LogP contribution in [0.15, 0.2) is 0 Å². The van der Waals surface area contributed by atoms with Crippen molar-refractivity contribution >= 4 is 5.97 Å². The lowest BCUT2D eigenvalue weighted by atomic mass is 10.2.